The summed E-state index contributed by atoms with van der Waals surface area (Å²) in [5, 5.41) is 4.04. The highest BCUT2D eigenvalue weighted by Crippen LogP contribution is 2.37. The fourth-order valence-electron chi connectivity index (χ4n) is 3.24. The van der Waals surface area contributed by atoms with E-state index in [1.807, 2.05) is 36.4 Å². The Hall–Kier alpha value is -2.85. The van der Waals surface area contributed by atoms with Crippen molar-refractivity contribution in [3.63, 3.8) is 0 Å². The van der Waals surface area contributed by atoms with E-state index in [4.69, 9.17) is 11.6 Å². The van der Waals surface area contributed by atoms with Crippen molar-refractivity contribution in [3.8, 4) is 0 Å². The van der Waals surface area contributed by atoms with Crippen LogP contribution in [-0.2, 0) is 6.42 Å². The van der Waals surface area contributed by atoms with Gasteiger partial charge in [-0.25, -0.2) is 4.98 Å². The second-order valence-corrected chi connectivity index (χ2v) is 6.63. The molecule has 4 nitrogen and oxygen atoms in total. The monoisotopic (exact) mass is 363 g/mol. The maximum absolute atomic E-state index is 13.0. The Morgan fingerprint density at radius 2 is 1.96 bits per heavy atom. The van der Waals surface area contributed by atoms with Crippen molar-refractivity contribution < 1.29 is 4.79 Å². The number of pyridine rings is 1. The first kappa shape index (κ1) is 16.6. The number of hydrogen-bond acceptors (Lipinski definition) is 3. The van der Waals surface area contributed by atoms with E-state index in [0.29, 0.717) is 16.4 Å². The number of amides is 1. The van der Waals surface area contributed by atoms with Crippen LogP contribution in [0.4, 0.5) is 11.5 Å². The van der Waals surface area contributed by atoms with Crippen molar-refractivity contribution in [2.24, 2.45) is 0 Å². The number of anilines is 2. The summed E-state index contributed by atoms with van der Waals surface area (Å²) >= 11 is 5.96. The zero-order valence-electron chi connectivity index (χ0n) is 14.3. The summed E-state index contributed by atoms with van der Waals surface area (Å²) in [5.74, 6) is 0.499. The number of hydrogen-bond donors (Lipinski definition) is 1. The smallest absolute Gasteiger partial charge is 0.261 e. The van der Waals surface area contributed by atoms with E-state index in [1.54, 1.807) is 23.2 Å². The minimum Gasteiger partial charge on any atom is -0.361 e. The average Bonchev–Trinajstić information content (AvgIpc) is 2.95. The number of benzene rings is 2. The Labute approximate surface area is 157 Å². The molecule has 0 saturated heterocycles. The third-order valence-electron chi connectivity index (χ3n) is 4.56. The van der Waals surface area contributed by atoms with Gasteiger partial charge >= 0.3 is 0 Å². The van der Waals surface area contributed by atoms with E-state index in [1.165, 1.54) is 5.56 Å². The van der Waals surface area contributed by atoms with Gasteiger partial charge in [-0.15, -0.1) is 0 Å². The highest BCUT2D eigenvalue weighted by molar-refractivity contribution is 6.30. The molecule has 0 unspecified atom stereocenters. The number of fused-ring (bicyclic) bond motifs is 1. The molecule has 5 heteroatoms. The number of carbonyl (C=O) groups excluding carboxylic acids is 1. The van der Waals surface area contributed by atoms with Gasteiger partial charge in [0.1, 0.15) is 12.0 Å². The maximum Gasteiger partial charge on any atom is 0.261 e. The first-order chi connectivity index (χ1) is 12.7. The average molecular weight is 364 g/mol. The minimum absolute atomic E-state index is 0.0698. The van der Waals surface area contributed by atoms with Crippen LogP contribution in [0.1, 0.15) is 34.6 Å². The molecule has 1 aromatic heterocycles. The number of nitrogens with zero attached hydrogens (tertiary/aromatic N) is 2. The zero-order chi connectivity index (χ0) is 18.1. The molecular weight excluding hydrogens is 346 g/mol. The van der Waals surface area contributed by atoms with Crippen LogP contribution in [-0.4, -0.2) is 10.9 Å². The lowest BCUT2D eigenvalue weighted by Gasteiger charge is -2.26. The minimum atomic E-state index is -0.320. The number of nitrogens with one attached hydrogen (secondary N) is 1. The molecule has 0 spiro atoms. The second kappa shape index (κ2) is 6.81. The normalized spacial score (nSPS) is 15.8. The van der Waals surface area contributed by atoms with Crippen LogP contribution in [0, 0.1) is 0 Å². The number of aromatic nitrogens is 1. The largest absolute Gasteiger partial charge is 0.361 e. The Kier molecular flexibility index (Phi) is 4.35. The standard InChI is InChI=1S/C21H18ClN3O/c1-2-14-6-5-7-16(12-14)24-20-17-8-3-4-9-18(17)21(26)25(20)19-11-10-15(22)13-23-19/h3-13,20,24H,2H2,1H3/t20-/m1/s1. The molecule has 2 heterocycles. The van der Waals surface area contributed by atoms with Crippen molar-refractivity contribution in [2.45, 2.75) is 19.5 Å². The molecule has 26 heavy (non-hydrogen) atoms. The molecule has 1 atom stereocenters. The maximum atomic E-state index is 13.0. The lowest BCUT2D eigenvalue weighted by atomic mass is 10.1. The van der Waals surface area contributed by atoms with E-state index in [0.717, 1.165) is 17.7 Å². The SMILES string of the molecule is CCc1cccc(N[C@H]2c3ccccc3C(=O)N2c2ccc(Cl)cn2)c1. The zero-order valence-corrected chi connectivity index (χ0v) is 15.1. The summed E-state index contributed by atoms with van der Waals surface area (Å²) in [6.45, 7) is 2.12. The topological polar surface area (TPSA) is 45.2 Å². The number of halogens is 1. The van der Waals surface area contributed by atoms with Gasteiger partial charge in [0.15, 0.2) is 0 Å². The second-order valence-electron chi connectivity index (χ2n) is 6.20. The fourth-order valence-corrected chi connectivity index (χ4v) is 3.36. The van der Waals surface area contributed by atoms with E-state index >= 15 is 0 Å². The Morgan fingerprint density at radius 1 is 1.12 bits per heavy atom. The molecule has 1 N–H and O–H groups in total. The van der Waals surface area contributed by atoms with Gasteiger partial charge in [0.25, 0.3) is 5.91 Å². The van der Waals surface area contributed by atoms with Crippen molar-refractivity contribution in [1.29, 1.82) is 0 Å². The van der Waals surface area contributed by atoms with E-state index in [9.17, 15) is 4.79 Å². The van der Waals surface area contributed by atoms with Crippen molar-refractivity contribution in [3.05, 3.63) is 88.6 Å². The van der Waals surface area contributed by atoms with Crippen LogP contribution in [0.3, 0.4) is 0 Å². The predicted octanol–water partition coefficient (Wildman–Crippen LogP) is 5.07. The van der Waals surface area contributed by atoms with Gasteiger partial charge in [-0.2, -0.15) is 0 Å². The van der Waals surface area contributed by atoms with E-state index < -0.39 is 0 Å². The molecule has 0 bridgehead atoms. The van der Waals surface area contributed by atoms with Gasteiger partial charge in [-0.3, -0.25) is 9.69 Å². The Morgan fingerprint density at radius 3 is 2.73 bits per heavy atom. The highest BCUT2D eigenvalue weighted by atomic mass is 35.5. The van der Waals surface area contributed by atoms with E-state index in [2.05, 4.69) is 29.4 Å². The van der Waals surface area contributed by atoms with Crippen molar-refractivity contribution in [2.75, 3.05) is 10.2 Å². The molecule has 0 saturated carbocycles. The molecule has 2 aromatic carbocycles. The molecule has 1 aliphatic rings. The quantitative estimate of drug-likeness (QED) is 0.704. The van der Waals surface area contributed by atoms with E-state index in [-0.39, 0.29) is 12.1 Å². The van der Waals surface area contributed by atoms with Gasteiger partial charge in [-0.1, -0.05) is 48.9 Å². The van der Waals surface area contributed by atoms with Crippen LogP contribution in [0.5, 0.6) is 0 Å². The lowest BCUT2D eigenvalue weighted by molar-refractivity contribution is 0.0992. The van der Waals surface area contributed by atoms with Gasteiger partial charge in [0.2, 0.25) is 0 Å². The third-order valence-corrected chi connectivity index (χ3v) is 4.78. The summed E-state index contributed by atoms with van der Waals surface area (Å²) in [6.07, 6.45) is 2.19. The van der Waals surface area contributed by atoms with Gasteiger partial charge in [0, 0.05) is 23.0 Å². The van der Waals surface area contributed by atoms with Crippen molar-refractivity contribution >= 4 is 29.0 Å². The first-order valence-corrected chi connectivity index (χ1v) is 8.94. The number of carbonyl (C=O) groups is 1. The number of rotatable bonds is 4. The molecular formula is C21H18ClN3O. The Bertz CT molecular complexity index is 955. The molecule has 1 amide bonds. The molecule has 0 radical (unpaired) electrons. The first-order valence-electron chi connectivity index (χ1n) is 8.57. The molecule has 0 fully saturated rings. The van der Waals surface area contributed by atoms with Gasteiger partial charge in [0.05, 0.1) is 5.02 Å². The van der Waals surface area contributed by atoms with Crippen molar-refractivity contribution in [1.82, 2.24) is 4.98 Å². The van der Waals surface area contributed by atoms with Gasteiger partial charge in [-0.05, 0) is 42.3 Å². The lowest BCUT2D eigenvalue weighted by Crippen LogP contribution is -2.32. The summed E-state index contributed by atoms with van der Waals surface area (Å²) in [5.41, 5.74) is 3.84. The third kappa shape index (κ3) is 2.93. The highest BCUT2D eigenvalue weighted by Gasteiger charge is 2.38. The molecule has 0 aliphatic carbocycles. The van der Waals surface area contributed by atoms with Crippen LogP contribution in [0.15, 0.2) is 66.9 Å². The van der Waals surface area contributed by atoms with Crippen LogP contribution >= 0.6 is 11.6 Å². The summed E-state index contributed by atoms with van der Waals surface area (Å²) < 4.78 is 0. The summed E-state index contributed by atoms with van der Waals surface area (Å²) in [4.78, 5) is 19.1. The molecule has 3 aromatic rings. The summed E-state index contributed by atoms with van der Waals surface area (Å²) in [7, 11) is 0. The fraction of sp³-hybridized carbons (Fsp3) is 0.143. The molecule has 130 valence electrons. The van der Waals surface area contributed by atoms with Crippen LogP contribution < -0.4 is 10.2 Å². The number of aryl methyl sites for hydroxylation is 1. The van der Waals surface area contributed by atoms with Gasteiger partial charge < -0.3 is 5.32 Å². The van der Waals surface area contributed by atoms with Crippen LogP contribution in [0.2, 0.25) is 5.02 Å². The predicted molar refractivity (Wildman–Crippen MR) is 105 cm³/mol. The van der Waals surface area contributed by atoms with Crippen LogP contribution in [0.25, 0.3) is 0 Å². The summed E-state index contributed by atoms with van der Waals surface area (Å²) in [6, 6.07) is 19.4. The Balaban J connectivity index is 1.76. The molecule has 4 rings (SSSR count). The molecule has 1 aliphatic heterocycles.